The summed E-state index contributed by atoms with van der Waals surface area (Å²) >= 11 is 0.279. The molecule has 0 aromatic carbocycles. The van der Waals surface area contributed by atoms with Gasteiger partial charge in [-0.3, -0.25) is 0 Å². The fraction of sp³-hybridized carbons (Fsp3) is 0.200. The molecule has 3 aromatic heterocycles. The molecule has 0 bridgehead atoms. The number of hydrogen-bond donors (Lipinski definition) is 0. The summed E-state index contributed by atoms with van der Waals surface area (Å²) in [5.41, 5.74) is -2.00. The van der Waals surface area contributed by atoms with Gasteiger partial charge in [0.25, 0.3) is 5.88 Å². The molecule has 0 radical (unpaired) electrons. The Bertz CT molecular complexity index is 1020. The Morgan fingerprint density at radius 2 is 1.71 bits per heavy atom. The molecule has 3 rings (SSSR count). The van der Waals surface area contributed by atoms with Crippen LogP contribution in [0.25, 0.3) is 5.82 Å². The lowest BCUT2D eigenvalue weighted by Gasteiger charge is -2.11. The minimum atomic E-state index is -4.80. The standard InChI is InChI=1S/C15H7F8N3OS/c1-6-10(16)12(26-3-2-8(25-26)14(18,19)20)24-13(11(6)17)27-7-4-9(28-5-7)15(21,22)23/h2-5H,1H3. The third kappa shape index (κ3) is 3.79. The van der Waals surface area contributed by atoms with Crippen LogP contribution in [-0.2, 0) is 12.4 Å². The molecular weight excluding hydrogens is 422 g/mol. The Hall–Kier alpha value is -2.70. The van der Waals surface area contributed by atoms with Crippen LogP contribution in [0.3, 0.4) is 0 Å². The summed E-state index contributed by atoms with van der Waals surface area (Å²) < 4.78 is 110. The van der Waals surface area contributed by atoms with Crippen LogP contribution in [0.1, 0.15) is 16.1 Å². The van der Waals surface area contributed by atoms with Gasteiger partial charge in [-0.15, -0.1) is 11.3 Å². The number of rotatable bonds is 3. The maximum absolute atomic E-state index is 14.3. The lowest BCUT2D eigenvalue weighted by Crippen LogP contribution is -2.11. The molecule has 0 saturated carbocycles. The lowest BCUT2D eigenvalue weighted by molar-refractivity contribution is -0.141. The largest absolute Gasteiger partial charge is 0.436 e. The second-order valence-corrected chi connectivity index (χ2v) is 6.29. The Morgan fingerprint density at radius 3 is 2.25 bits per heavy atom. The zero-order chi connectivity index (χ0) is 20.9. The number of aromatic nitrogens is 3. The Morgan fingerprint density at radius 1 is 1.04 bits per heavy atom. The van der Waals surface area contributed by atoms with E-state index in [1.54, 1.807) is 0 Å². The van der Waals surface area contributed by atoms with Crippen molar-refractivity contribution < 1.29 is 39.9 Å². The van der Waals surface area contributed by atoms with E-state index in [0.717, 1.165) is 18.5 Å². The number of alkyl halides is 6. The fourth-order valence-electron chi connectivity index (χ4n) is 2.06. The molecule has 0 atom stereocenters. The molecule has 0 aliphatic heterocycles. The van der Waals surface area contributed by atoms with Crippen LogP contribution in [0.15, 0.2) is 23.7 Å². The molecule has 4 nitrogen and oxygen atoms in total. The van der Waals surface area contributed by atoms with Gasteiger partial charge in [0.2, 0.25) is 0 Å². The van der Waals surface area contributed by atoms with Crippen molar-refractivity contribution in [3.63, 3.8) is 0 Å². The summed E-state index contributed by atoms with van der Waals surface area (Å²) in [6.07, 6.45) is -8.70. The van der Waals surface area contributed by atoms with E-state index in [2.05, 4.69) is 10.1 Å². The van der Waals surface area contributed by atoms with Crippen molar-refractivity contribution in [3.05, 3.63) is 51.5 Å². The summed E-state index contributed by atoms with van der Waals surface area (Å²) in [5.74, 6) is -4.76. The summed E-state index contributed by atoms with van der Waals surface area (Å²) in [4.78, 5) is 2.43. The third-order valence-corrected chi connectivity index (χ3v) is 4.37. The first-order valence-corrected chi connectivity index (χ1v) is 8.08. The van der Waals surface area contributed by atoms with Gasteiger partial charge in [-0.1, -0.05) is 0 Å². The highest BCUT2D eigenvalue weighted by atomic mass is 32.1. The predicted molar refractivity (Wildman–Crippen MR) is 80.4 cm³/mol. The van der Waals surface area contributed by atoms with Crippen LogP contribution in [0.4, 0.5) is 35.1 Å². The van der Waals surface area contributed by atoms with Crippen LogP contribution in [0, 0.1) is 18.6 Å². The molecule has 0 amide bonds. The first-order chi connectivity index (χ1) is 12.9. The van der Waals surface area contributed by atoms with Gasteiger partial charge in [-0.05, 0) is 13.0 Å². The zero-order valence-electron chi connectivity index (χ0n) is 13.5. The highest BCUT2D eigenvalue weighted by Crippen LogP contribution is 2.38. The maximum atomic E-state index is 14.3. The van der Waals surface area contributed by atoms with Gasteiger partial charge in [0, 0.05) is 23.2 Å². The average molecular weight is 429 g/mol. The third-order valence-electron chi connectivity index (χ3n) is 3.42. The van der Waals surface area contributed by atoms with E-state index in [0.29, 0.717) is 16.8 Å². The average Bonchev–Trinajstić information content (AvgIpc) is 3.24. The van der Waals surface area contributed by atoms with Crippen molar-refractivity contribution in [1.82, 2.24) is 14.8 Å². The van der Waals surface area contributed by atoms with E-state index < -0.39 is 57.6 Å². The van der Waals surface area contributed by atoms with E-state index in [4.69, 9.17) is 4.74 Å². The number of pyridine rings is 1. The molecule has 0 fully saturated rings. The van der Waals surface area contributed by atoms with Crippen molar-refractivity contribution in [2.24, 2.45) is 0 Å². The zero-order valence-corrected chi connectivity index (χ0v) is 14.3. The van der Waals surface area contributed by atoms with Crippen molar-refractivity contribution in [2.75, 3.05) is 0 Å². The van der Waals surface area contributed by atoms with Crippen LogP contribution in [0.2, 0.25) is 0 Å². The Balaban J connectivity index is 2.02. The SMILES string of the molecule is Cc1c(F)c(Oc2csc(C(F)(F)F)c2)nc(-n2ccc(C(F)(F)F)n2)c1F. The maximum Gasteiger partial charge on any atom is 0.435 e. The smallest absolute Gasteiger partial charge is 0.435 e. The second-order valence-electron chi connectivity index (χ2n) is 5.38. The molecule has 0 unspecified atom stereocenters. The molecule has 0 N–H and O–H groups in total. The van der Waals surface area contributed by atoms with Gasteiger partial charge in [-0.25, -0.2) is 13.5 Å². The van der Waals surface area contributed by atoms with Gasteiger partial charge in [0.1, 0.15) is 10.6 Å². The number of ether oxygens (including phenoxy) is 1. The predicted octanol–water partition coefficient (Wildman–Crippen LogP) is 5.75. The highest BCUT2D eigenvalue weighted by molar-refractivity contribution is 7.10. The molecule has 0 aliphatic rings. The Kier molecular flexibility index (Phi) is 4.81. The summed E-state index contributed by atoms with van der Waals surface area (Å²) in [6.45, 7) is 0.964. The topological polar surface area (TPSA) is 39.9 Å². The van der Waals surface area contributed by atoms with Crippen molar-refractivity contribution in [1.29, 1.82) is 0 Å². The van der Waals surface area contributed by atoms with Crippen LogP contribution < -0.4 is 4.74 Å². The molecule has 28 heavy (non-hydrogen) atoms. The van der Waals surface area contributed by atoms with Crippen molar-refractivity contribution in [3.8, 4) is 17.4 Å². The number of hydrogen-bond acceptors (Lipinski definition) is 4. The quantitative estimate of drug-likeness (QED) is 0.498. The Labute approximate surface area is 155 Å². The molecule has 3 heterocycles. The summed E-state index contributed by atoms with van der Waals surface area (Å²) in [7, 11) is 0. The van der Waals surface area contributed by atoms with Crippen molar-refractivity contribution in [2.45, 2.75) is 19.3 Å². The minimum absolute atomic E-state index is 0.279. The number of thiophene rings is 1. The van der Waals surface area contributed by atoms with E-state index in [1.165, 1.54) is 0 Å². The van der Waals surface area contributed by atoms with Gasteiger partial charge in [0.05, 0.1) is 0 Å². The van der Waals surface area contributed by atoms with Gasteiger partial charge < -0.3 is 4.74 Å². The molecule has 0 aliphatic carbocycles. The summed E-state index contributed by atoms with van der Waals surface area (Å²) in [6, 6.07) is 1.13. The van der Waals surface area contributed by atoms with Gasteiger partial charge in [-0.2, -0.15) is 36.4 Å². The monoisotopic (exact) mass is 429 g/mol. The highest BCUT2D eigenvalue weighted by Gasteiger charge is 2.35. The van der Waals surface area contributed by atoms with Crippen LogP contribution in [-0.4, -0.2) is 14.8 Å². The normalized spacial score (nSPS) is 12.5. The number of nitrogens with zero attached hydrogens (tertiary/aromatic N) is 3. The molecule has 0 saturated heterocycles. The van der Waals surface area contributed by atoms with Gasteiger partial charge >= 0.3 is 12.4 Å². The van der Waals surface area contributed by atoms with E-state index in [-0.39, 0.29) is 11.3 Å². The molecule has 0 spiro atoms. The van der Waals surface area contributed by atoms with Crippen LogP contribution >= 0.6 is 11.3 Å². The first-order valence-electron chi connectivity index (χ1n) is 7.20. The minimum Gasteiger partial charge on any atom is -0.436 e. The second kappa shape index (κ2) is 6.72. The van der Waals surface area contributed by atoms with E-state index >= 15 is 0 Å². The molecule has 150 valence electrons. The molecule has 13 heteroatoms. The van der Waals surface area contributed by atoms with Crippen LogP contribution in [0.5, 0.6) is 11.6 Å². The van der Waals surface area contributed by atoms with E-state index in [9.17, 15) is 35.1 Å². The number of halogens is 8. The van der Waals surface area contributed by atoms with E-state index in [1.807, 2.05) is 0 Å². The molecule has 3 aromatic rings. The first kappa shape index (κ1) is 20.0. The lowest BCUT2D eigenvalue weighted by atomic mass is 10.2. The fourth-order valence-corrected chi connectivity index (χ4v) is 2.74. The van der Waals surface area contributed by atoms with Gasteiger partial charge in [0.15, 0.2) is 23.1 Å². The molecular formula is C15H7F8N3OS. The summed E-state index contributed by atoms with van der Waals surface area (Å²) in [5, 5.41) is 4.06. The van der Waals surface area contributed by atoms with Crippen molar-refractivity contribution >= 4 is 11.3 Å².